The minimum Gasteiger partial charge on any atom is -0.362 e. The Morgan fingerprint density at radius 3 is 2.88 bits per heavy atom. The third-order valence-electron chi connectivity index (χ3n) is 1.99. The predicted octanol–water partition coefficient (Wildman–Crippen LogP) is 1.97. The lowest BCUT2D eigenvalue weighted by atomic mass is 10.3. The van der Waals surface area contributed by atoms with Crippen molar-refractivity contribution in [3.8, 4) is 0 Å². The number of hydrogen-bond acceptors (Lipinski definition) is 5. The first-order valence-electron chi connectivity index (χ1n) is 4.62. The second kappa shape index (κ2) is 4.00. The van der Waals surface area contributed by atoms with Gasteiger partial charge in [-0.2, -0.15) is 8.42 Å². The van der Waals surface area contributed by atoms with E-state index >= 15 is 0 Å². The molecule has 0 unspecified atom stereocenters. The molecule has 0 saturated heterocycles. The average molecular weight is 258 g/mol. The van der Waals surface area contributed by atoms with Gasteiger partial charge in [-0.3, -0.25) is 4.55 Å². The maximum Gasteiger partial charge on any atom is 0.294 e. The molecule has 0 fully saturated rings. The molecular formula is C9H10N2O3S2. The number of thiazole rings is 1. The lowest BCUT2D eigenvalue weighted by Crippen LogP contribution is -1.96. The maximum atomic E-state index is 10.9. The second-order valence-electron chi connectivity index (χ2n) is 3.15. The summed E-state index contributed by atoms with van der Waals surface area (Å²) in [5.41, 5.74) is 0.716. The molecular weight excluding hydrogens is 248 g/mol. The number of aromatic nitrogens is 1. The van der Waals surface area contributed by atoms with E-state index in [-0.39, 0.29) is 4.90 Å². The summed E-state index contributed by atoms with van der Waals surface area (Å²) in [5.74, 6) is 0. The summed E-state index contributed by atoms with van der Waals surface area (Å²) >= 11 is 1.35. The van der Waals surface area contributed by atoms with Crippen molar-refractivity contribution < 1.29 is 13.0 Å². The zero-order valence-electron chi connectivity index (χ0n) is 8.47. The number of hydrogen-bond donors (Lipinski definition) is 2. The van der Waals surface area contributed by atoms with Crippen molar-refractivity contribution in [1.82, 2.24) is 4.98 Å². The molecule has 5 nitrogen and oxygen atoms in total. The molecule has 0 atom stereocenters. The highest BCUT2D eigenvalue weighted by molar-refractivity contribution is 7.85. The Hall–Kier alpha value is -1.18. The van der Waals surface area contributed by atoms with Crippen LogP contribution in [0.1, 0.15) is 6.92 Å². The van der Waals surface area contributed by atoms with Crippen LogP contribution >= 0.6 is 11.3 Å². The minimum atomic E-state index is -4.14. The van der Waals surface area contributed by atoms with Gasteiger partial charge in [0.25, 0.3) is 10.1 Å². The summed E-state index contributed by atoms with van der Waals surface area (Å²) in [6, 6.07) is 4.34. The van der Waals surface area contributed by atoms with Crippen molar-refractivity contribution in [3.63, 3.8) is 0 Å². The van der Waals surface area contributed by atoms with Gasteiger partial charge in [-0.25, -0.2) is 4.98 Å². The molecule has 2 N–H and O–H groups in total. The average Bonchev–Trinajstić information content (AvgIpc) is 2.57. The highest BCUT2D eigenvalue weighted by atomic mass is 32.2. The molecule has 2 rings (SSSR count). The van der Waals surface area contributed by atoms with Crippen molar-refractivity contribution >= 4 is 36.8 Å². The molecule has 0 bridgehead atoms. The van der Waals surface area contributed by atoms with Gasteiger partial charge in [0.15, 0.2) is 5.13 Å². The summed E-state index contributed by atoms with van der Waals surface area (Å²) < 4.78 is 31.5. The van der Waals surface area contributed by atoms with E-state index in [9.17, 15) is 8.42 Å². The Morgan fingerprint density at radius 2 is 2.25 bits per heavy atom. The quantitative estimate of drug-likeness (QED) is 0.823. The van der Waals surface area contributed by atoms with E-state index in [0.717, 1.165) is 16.4 Å². The van der Waals surface area contributed by atoms with Crippen molar-refractivity contribution in [2.24, 2.45) is 0 Å². The zero-order valence-corrected chi connectivity index (χ0v) is 10.1. The number of fused-ring (bicyclic) bond motifs is 1. The minimum absolute atomic E-state index is 0.105. The first-order chi connectivity index (χ1) is 7.50. The van der Waals surface area contributed by atoms with Gasteiger partial charge in [0, 0.05) is 6.54 Å². The third kappa shape index (κ3) is 2.16. The standard InChI is InChI=1S/C9H10N2O3S2/c1-2-10-9-11-7-4-3-6(16(12,13)14)5-8(7)15-9/h3-5H,2H2,1H3,(H,10,11)(H,12,13,14). The molecule has 2 aromatic rings. The van der Waals surface area contributed by atoms with E-state index in [1.165, 1.54) is 23.5 Å². The van der Waals surface area contributed by atoms with E-state index in [0.29, 0.717) is 5.52 Å². The fourth-order valence-electron chi connectivity index (χ4n) is 1.29. The number of rotatable bonds is 3. The van der Waals surface area contributed by atoms with Crippen LogP contribution in [0.2, 0.25) is 0 Å². The molecule has 0 amide bonds. The summed E-state index contributed by atoms with van der Waals surface area (Å²) in [6.07, 6.45) is 0. The van der Waals surface area contributed by atoms with Gasteiger partial charge in [-0.15, -0.1) is 0 Å². The van der Waals surface area contributed by atoms with Crippen molar-refractivity contribution in [3.05, 3.63) is 18.2 Å². The fraction of sp³-hybridized carbons (Fsp3) is 0.222. The maximum absolute atomic E-state index is 10.9. The van der Waals surface area contributed by atoms with E-state index in [1.54, 1.807) is 6.07 Å². The van der Waals surface area contributed by atoms with E-state index in [1.807, 2.05) is 6.92 Å². The summed E-state index contributed by atoms with van der Waals surface area (Å²) in [4.78, 5) is 4.15. The van der Waals surface area contributed by atoms with Crippen LogP contribution in [-0.2, 0) is 10.1 Å². The Morgan fingerprint density at radius 1 is 1.50 bits per heavy atom. The molecule has 0 radical (unpaired) electrons. The van der Waals surface area contributed by atoms with Crippen molar-refractivity contribution in [1.29, 1.82) is 0 Å². The molecule has 1 aromatic heterocycles. The van der Waals surface area contributed by atoms with Gasteiger partial charge in [0.05, 0.1) is 15.1 Å². The number of anilines is 1. The topological polar surface area (TPSA) is 79.3 Å². The largest absolute Gasteiger partial charge is 0.362 e. The summed E-state index contributed by atoms with van der Waals surface area (Å²) in [7, 11) is -4.14. The van der Waals surface area contributed by atoms with Gasteiger partial charge < -0.3 is 5.32 Å². The van der Waals surface area contributed by atoms with Crippen molar-refractivity contribution in [2.75, 3.05) is 11.9 Å². The highest BCUT2D eigenvalue weighted by Crippen LogP contribution is 2.27. The SMILES string of the molecule is CCNc1nc2ccc(S(=O)(=O)O)cc2s1. The van der Waals surface area contributed by atoms with Gasteiger partial charge in [-0.1, -0.05) is 11.3 Å². The Labute approximate surface area is 96.9 Å². The summed E-state index contributed by atoms with van der Waals surface area (Å²) in [6.45, 7) is 2.71. The van der Waals surface area contributed by atoms with E-state index in [4.69, 9.17) is 4.55 Å². The third-order valence-corrected chi connectivity index (χ3v) is 3.81. The Kier molecular flexibility index (Phi) is 2.83. The van der Waals surface area contributed by atoms with Gasteiger partial charge in [0.2, 0.25) is 0 Å². The lowest BCUT2D eigenvalue weighted by Gasteiger charge is -1.94. The zero-order chi connectivity index (χ0) is 11.8. The van der Waals surface area contributed by atoms with E-state index < -0.39 is 10.1 Å². The van der Waals surface area contributed by atoms with E-state index in [2.05, 4.69) is 10.3 Å². The Bertz CT molecular complexity index is 619. The van der Waals surface area contributed by atoms with Crippen LogP contribution in [0.25, 0.3) is 10.2 Å². The molecule has 7 heteroatoms. The van der Waals surface area contributed by atoms with Gasteiger partial charge in [-0.05, 0) is 25.1 Å². The molecule has 0 aliphatic carbocycles. The summed E-state index contributed by atoms with van der Waals surface area (Å²) in [5, 5.41) is 3.79. The second-order valence-corrected chi connectivity index (χ2v) is 5.61. The van der Waals surface area contributed by atoms with Crippen LogP contribution in [0.4, 0.5) is 5.13 Å². The van der Waals surface area contributed by atoms with Crippen LogP contribution in [0.5, 0.6) is 0 Å². The lowest BCUT2D eigenvalue weighted by molar-refractivity contribution is 0.483. The fourth-order valence-corrected chi connectivity index (χ4v) is 2.85. The number of nitrogens with zero attached hydrogens (tertiary/aromatic N) is 1. The molecule has 0 spiro atoms. The van der Waals surface area contributed by atoms with Crippen LogP contribution in [-0.4, -0.2) is 24.5 Å². The van der Waals surface area contributed by atoms with Crippen LogP contribution < -0.4 is 5.32 Å². The van der Waals surface area contributed by atoms with Gasteiger partial charge in [0.1, 0.15) is 0 Å². The molecule has 0 aliphatic heterocycles. The number of nitrogens with one attached hydrogen (secondary N) is 1. The monoisotopic (exact) mass is 258 g/mol. The van der Waals surface area contributed by atoms with Crippen molar-refractivity contribution in [2.45, 2.75) is 11.8 Å². The van der Waals surface area contributed by atoms with Crippen LogP contribution in [0, 0.1) is 0 Å². The Balaban J connectivity index is 2.54. The van der Waals surface area contributed by atoms with Gasteiger partial charge >= 0.3 is 0 Å². The normalized spacial score (nSPS) is 11.9. The molecule has 1 heterocycles. The molecule has 1 aromatic carbocycles. The molecule has 86 valence electrons. The first-order valence-corrected chi connectivity index (χ1v) is 6.88. The number of benzene rings is 1. The predicted molar refractivity (Wildman–Crippen MR) is 63.6 cm³/mol. The van der Waals surface area contributed by atoms with Crippen LogP contribution in [0.3, 0.4) is 0 Å². The molecule has 0 aliphatic rings. The molecule has 16 heavy (non-hydrogen) atoms. The molecule has 0 saturated carbocycles. The smallest absolute Gasteiger partial charge is 0.294 e. The first kappa shape index (κ1) is 11.3. The highest BCUT2D eigenvalue weighted by Gasteiger charge is 2.11. The van der Waals surface area contributed by atoms with Crippen LogP contribution in [0.15, 0.2) is 23.1 Å².